The van der Waals surface area contributed by atoms with Gasteiger partial charge in [-0.05, 0) is 13.3 Å². The van der Waals surface area contributed by atoms with Crippen LogP contribution >= 0.6 is 0 Å². The normalized spacial score (nSPS) is 11.6. The largest absolute Gasteiger partial charge is 0.480 e. The number of anilines is 1. The van der Waals surface area contributed by atoms with Gasteiger partial charge >= 0.3 is 5.97 Å². The Balaban J connectivity index is 2.74. The molecule has 1 rings (SSSR count). The van der Waals surface area contributed by atoms with Gasteiger partial charge in [-0.3, -0.25) is 0 Å². The number of aliphatic carboxylic acids is 1. The second-order valence-electron chi connectivity index (χ2n) is 3.21. The van der Waals surface area contributed by atoms with Crippen LogP contribution in [0.2, 0.25) is 0 Å². The Bertz CT molecular complexity index is 395. The number of carboxylic acid groups (broad SMARTS) is 1. The number of rotatable bonds is 7. The monoisotopic (exact) mass is 237 g/mol. The van der Waals surface area contributed by atoms with Gasteiger partial charge in [0, 0.05) is 12.3 Å². The lowest BCUT2D eigenvalue weighted by Crippen LogP contribution is -2.29. The molecule has 1 heterocycles. The minimum Gasteiger partial charge on any atom is -0.480 e. The highest BCUT2D eigenvalue weighted by Crippen LogP contribution is 2.10. The van der Waals surface area contributed by atoms with E-state index in [2.05, 4.69) is 21.9 Å². The summed E-state index contributed by atoms with van der Waals surface area (Å²) in [6, 6.07) is 0.821. The number of ether oxygens (including phenoxy) is 1. The third-order valence-electron chi connectivity index (χ3n) is 1.93. The fourth-order valence-corrected chi connectivity index (χ4v) is 1.18. The first kappa shape index (κ1) is 13.0. The predicted octanol–water partition coefficient (Wildman–Crippen LogP) is 1.32. The second kappa shape index (κ2) is 6.47. The van der Waals surface area contributed by atoms with Crippen molar-refractivity contribution < 1.29 is 14.6 Å². The van der Waals surface area contributed by atoms with Crippen LogP contribution < -0.4 is 10.1 Å². The van der Waals surface area contributed by atoms with E-state index in [-0.39, 0.29) is 12.4 Å². The zero-order chi connectivity index (χ0) is 12.7. The minimum absolute atomic E-state index is 0.227. The van der Waals surface area contributed by atoms with Crippen molar-refractivity contribution in [3.63, 3.8) is 0 Å². The van der Waals surface area contributed by atoms with Crippen LogP contribution in [-0.2, 0) is 4.79 Å². The van der Waals surface area contributed by atoms with Crippen LogP contribution in [0, 0.1) is 0 Å². The summed E-state index contributed by atoms with van der Waals surface area (Å²) in [6.07, 6.45) is 3.32. The molecule has 0 fully saturated rings. The molecule has 1 aromatic rings. The number of carbonyl (C=O) groups is 1. The van der Waals surface area contributed by atoms with E-state index in [4.69, 9.17) is 9.84 Å². The van der Waals surface area contributed by atoms with Crippen LogP contribution in [0.25, 0.3) is 0 Å². The molecular weight excluding hydrogens is 222 g/mol. The fourth-order valence-electron chi connectivity index (χ4n) is 1.18. The van der Waals surface area contributed by atoms with E-state index in [1.54, 1.807) is 6.07 Å². The molecular formula is C11H15N3O3. The SMILES string of the molecule is C=CCC(Nc1nccc(OCC)n1)C(=O)O. The van der Waals surface area contributed by atoms with Crippen LogP contribution in [0.15, 0.2) is 24.9 Å². The van der Waals surface area contributed by atoms with Gasteiger partial charge < -0.3 is 15.2 Å². The lowest BCUT2D eigenvalue weighted by molar-refractivity contribution is -0.137. The molecule has 6 heteroatoms. The average Bonchev–Trinajstić information content (AvgIpc) is 2.29. The maximum absolute atomic E-state index is 10.9. The second-order valence-corrected chi connectivity index (χ2v) is 3.21. The highest BCUT2D eigenvalue weighted by Gasteiger charge is 2.16. The summed E-state index contributed by atoms with van der Waals surface area (Å²) >= 11 is 0. The zero-order valence-electron chi connectivity index (χ0n) is 9.59. The standard InChI is InChI=1S/C11H15N3O3/c1-3-5-8(10(15)16)13-11-12-7-6-9(14-11)17-4-2/h3,6-8H,1,4-5H2,2H3,(H,15,16)(H,12,13,14). The van der Waals surface area contributed by atoms with Crippen molar-refractivity contribution in [1.82, 2.24) is 9.97 Å². The molecule has 0 spiro atoms. The highest BCUT2D eigenvalue weighted by atomic mass is 16.5. The van der Waals surface area contributed by atoms with E-state index in [1.807, 2.05) is 6.92 Å². The summed E-state index contributed by atoms with van der Waals surface area (Å²) in [4.78, 5) is 18.9. The first-order valence-electron chi connectivity index (χ1n) is 5.23. The molecule has 0 aliphatic rings. The number of nitrogens with one attached hydrogen (secondary N) is 1. The van der Waals surface area contributed by atoms with Gasteiger partial charge in [0.25, 0.3) is 0 Å². The maximum atomic E-state index is 10.9. The van der Waals surface area contributed by atoms with Crippen molar-refractivity contribution in [2.45, 2.75) is 19.4 Å². The van der Waals surface area contributed by atoms with E-state index in [9.17, 15) is 4.79 Å². The maximum Gasteiger partial charge on any atom is 0.326 e. The molecule has 0 aliphatic heterocycles. The first-order chi connectivity index (χ1) is 8.17. The lowest BCUT2D eigenvalue weighted by atomic mass is 10.2. The Morgan fingerprint density at radius 3 is 3.12 bits per heavy atom. The molecule has 0 saturated carbocycles. The van der Waals surface area contributed by atoms with Gasteiger partial charge in [-0.1, -0.05) is 6.08 Å². The zero-order valence-corrected chi connectivity index (χ0v) is 9.59. The molecule has 2 N–H and O–H groups in total. The topological polar surface area (TPSA) is 84.3 Å². The molecule has 0 saturated heterocycles. The molecule has 1 unspecified atom stereocenters. The van der Waals surface area contributed by atoms with E-state index in [0.29, 0.717) is 12.5 Å². The summed E-state index contributed by atoms with van der Waals surface area (Å²) < 4.78 is 5.19. The number of carboxylic acids is 1. The number of hydrogen-bond donors (Lipinski definition) is 2. The first-order valence-corrected chi connectivity index (χ1v) is 5.23. The van der Waals surface area contributed by atoms with E-state index in [1.165, 1.54) is 12.3 Å². The summed E-state index contributed by atoms with van der Waals surface area (Å²) in [5.74, 6) is -0.340. The summed E-state index contributed by atoms with van der Waals surface area (Å²) in [5, 5.41) is 11.6. The van der Waals surface area contributed by atoms with Gasteiger partial charge in [0.15, 0.2) is 0 Å². The van der Waals surface area contributed by atoms with Gasteiger partial charge in [-0.15, -0.1) is 6.58 Å². The number of nitrogens with zero attached hydrogens (tertiary/aromatic N) is 2. The minimum atomic E-state index is -0.977. The molecule has 0 amide bonds. The molecule has 1 aromatic heterocycles. The summed E-state index contributed by atoms with van der Waals surface area (Å²) in [6.45, 7) is 5.83. The molecule has 6 nitrogen and oxygen atoms in total. The van der Waals surface area contributed by atoms with Crippen molar-refractivity contribution in [3.05, 3.63) is 24.9 Å². The van der Waals surface area contributed by atoms with Gasteiger partial charge in [0.1, 0.15) is 6.04 Å². The predicted molar refractivity (Wildman–Crippen MR) is 63.1 cm³/mol. The van der Waals surface area contributed by atoms with Crippen molar-refractivity contribution in [2.75, 3.05) is 11.9 Å². The van der Waals surface area contributed by atoms with E-state index < -0.39 is 12.0 Å². The smallest absolute Gasteiger partial charge is 0.326 e. The Labute approximate surface area is 99.4 Å². The van der Waals surface area contributed by atoms with Gasteiger partial charge in [-0.2, -0.15) is 4.98 Å². The van der Waals surface area contributed by atoms with Crippen LogP contribution in [0.5, 0.6) is 5.88 Å². The third-order valence-corrected chi connectivity index (χ3v) is 1.93. The Morgan fingerprint density at radius 2 is 2.53 bits per heavy atom. The molecule has 0 aliphatic carbocycles. The van der Waals surface area contributed by atoms with Crippen molar-refractivity contribution in [1.29, 1.82) is 0 Å². The Hall–Kier alpha value is -2.11. The number of hydrogen-bond acceptors (Lipinski definition) is 5. The lowest BCUT2D eigenvalue weighted by Gasteiger charge is -2.12. The molecule has 17 heavy (non-hydrogen) atoms. The van der Waals surface area contributed by atoms with Gasteiger partial charge in [-0.25, -0.2) is 9.78 Å². The summed E-state index contributed by atoms with van der Waals surface area (Å²) in [5.41, 5.74) is 0. The Kier molecular flexibility index (Phi) is 4.93. The molecule has 0 aromatic carbocycles. The third kappa shape index (κ3) is 4.10. The van der Waals surface area contributed by atoms with Crippen molar-refractivity contribution in [3.8, 4) is 5.88 Å². The quantitative estimate of drug-likeness (QED) is 0.696. The van der Waals surface area contributed by atoms with Crippen LogP contribution in [0.3, 0.4) is 0 Å². The van der Waals surface area contributed by atoms with E-state index in [0.717, 1.165) is 0 Å². The fraction of sp³-hybridized carbons (Fsp3) is 0.364. The molecule has 0 radical (unpaired) electrons. The Morgan fingerprint density at radius 1 is 1.76 bits per heavy atom. The molecule has 1 atom stereocenters. The van der Waals surface area contributed by atoms with Gasteiger partial charge in [0.2, 0.25) is 11.8 Å². The molecule has 92 valence electrons. The van der Waals surface area contributed by atoms with Gasteiger partial charge in [0.05, 0.1) is 6.61 Å². The van der Waals surface area contributed by atoms with Crippen LogP contribution in [0.4, 0.5) is 5.95 Å². The molecule has 0 bridgehead atoms. The van der Waals surface area contributed by atoms with Crippen molar-refractivity contribution in [2.24, 2.45) is 0 Å². The van der Waals surface area contributed by atoms with Crippen molar-refractivity contribution >= 4 is 11.9 Å². The van der Waals surface area contributed by atoms with Crippen LogP contribution in [-0.4, -0.2) is 33.7 Å². The highest BCUT2D eigenvalue weighted by molar-refractivity contribution is 5.76. The number of aromatic nitrogens is 2. The average molecular weight is 237 g/mol. The van der Waals surface area contributed by atoms with E-state index >= 15 is 0 Å². The summed E-state index contributed by atoms with van der Waals surface area (Å²) in [7, 11) is 0. The van der Waals surface area contributed by atoms with Crippen LogP contribution in [0.1, 0.15) is 13.3 Å².